The summed E-state index contributed by atoms with van der Waals surface area (Å²) in [7, 11) is 3.69. The van der Waals surface area contributed by atoms with E-state index in [9.17, 15) is 0 Å². The maximum Gasteiger partial charge on any atom is 0.191 e. The molecule has 142 valence electrons. The minimum atomic E-state index is 0.741. The Bertz CT molecular complexity index is 1100. The van der Waals surface area contributed by atoms with Crippen LogP contribution in [0.3, 0.4) is 0 Å². The molecule has 0 bridgehead atoms. The molecule has 0 saturated carbocycles. The van der Waals surface area contributed by atoms with Crippen LogP contribution in [0.4, 0.5) is 0 Å². The van der Waals surface area contributed by atoms with Crippen LogP contribution >= 0.6 is 23.1 Å². The molecule has 0 radical (unpaired) electrons. The Balaban J connectivity index is 1.51. The summed E-state index contributed by atoms with van der Waals surface area (Å²) in [4.78, 5) is 4.77. The second-order valence-electron chi connectivity index (χ2n) is 6.31. The molecular formula is C21H20N4OS2. The van der Waals surface area contributed by atoms with Crippen LogP contribution in [0, 0.1) is 6.92 Å². The number of hydrogen-bond acceptors (Lipinski definition) is 6. The highest BCUT2D eigenvalue weighted by atomic mass is 32.2. The van der Waals surface area contributed by atoms with E-state index in [1.165, 1.54) is 5.56 Å². The molecule has 4 aromatic rings. The highest BCUT2D eigenvalue weighted by Crippen LogP contribution is 2.33. The number of aromatic nitrogens is 4. The van der Waals surface area contributed by atoms with E-state index in [2.05, 4.69) is 34.6 Å². The van der Waals surface area contributed by atoms with Crippen LogP contribution in [0.5, 0.6) is 5.75 Å². The van der Waals surface area contributed by atoms with Gasteiger partial charge >= 0.3 is 0 Å². The van der Waals surface area contributed by atoms with Gasteiger partial charge in [-0.2, -0.15) is 0 Å². The lowest BCUT2D eigenvalue weighted by atomic mass is 10.1. The summed E-state index contributed by atoms with van der Waals surface area (Å²) in [6.07, 6.45) is 0. The highest BCUT2D eigenvalue weighted by molar-refractivity contribution is 7.98. The summed E-state index contributed by atoms with van der Waals surface area (Å²) >= 11 is 3.27. The molecule has 2 aromatic carbocycles. The third kappa shape index (κ3) is 3.68. The van der Waals surface area contributed by atoms with Crippen molar-refractivity contribution in [2.24, 2.45) is 7.05 Å². The van der Waals surface area contributed by atoms with Crippen LogP contribution in [0.25, 0.3) is 22.0 Å². The van der Waals surface area contributed by atoms with Gasteiger partial charge in [-0.05, 0) is 24.6 Å². The summed E-state index contributed by atoms with van der Waals surface area (Å²) in [5, 5.41) is 12.7. The van der Waals surface area contributed by atoms with Crippen molar-refractivity contribution in [3.8, 4) is 27.7 Å². The molecule has 7 heteroatoms. The monoisotopic (exact) mass is 408 g/mol. The third-order valence-corrected chi connectivity index (χ3v) is 6.44. The van der Waals surface area contributed by atoms with Crippen molar-refractivity contribution < 1.29 is 4.74 Å². The number of nitrogens with zero attached hydrogens (tertiary/aromatic N) is 4. The highest BCUT2D eigenvalue weighted by Gasteiger charge is 2.14. The normalized spacial score (nSPS) is 11.0. The summed E-state index contributed by atoms with van der Waals surface area (Å²) in [5.41, 5.74) is 4.34. The molecule has 0 saturated heterocycles. The second kappa shape index (κ2) is 8.16. The molecule has 2 heterocycles. The van der Waals surface area contributed by atoms with Crippen molar-refractivity contribution in [3.05, 3.63) is 65.2 Å². The fraction of sp³-hybridized carbons (Fsp3) is 0.190. The van der Waals surface area contributed by atoms with Crippen LogP contribution in [0.2, 0.25) is 0 Å². The van der Waals surface area contributed by atoms with Gasteiger partial charge in [-0.15, -0.1) is 21.5 Å². The lowest BCUT2D eigenvalue weighted by Crippen LogP contribution is -1.96. The first kappa shape index (κ1) is 18.7. The van der Waals surface area contributed by atoms with E-state index in [-0.39, 0.29) is 0 Å². The number of thiazole rings is 1. The molecule has 0 atom stereocenters. The zero-order chi connectivity index (χ0) is 19.5. The van der Waals surface area contributed by atoms with E-state index in [1.807, 2.05) is 48.0 Å². The van der Waals surface area contributed by atoms with Crippen LogP contribution in [0.1, 0.15) is 11.3 Å². The molecule has 28 heavy (non-hydrogen) atoms. The number of benzene rings is 2. The zero-order valence-corrected chi connectivity index (χ0v) is 17.5. The number of methoxy groups -OCH3 is 1. The van der Waals surface area contributed by atoms with E-state index in [4.69, 9.17) is 9.72 Å². The van der Waals surface area contributed by atoms with Crippen molar-refractivity contribution in [1.82, 2.24) is 19.7 Å². The van der Waals surface area contributed by atoms with E-state index in [0.29, 0.717) is 0 Å². The maximum atomic E-state index is 5.45. The van der Waals surface area contributed by atoms with Crippen LogP contribution < -0.4 is 4.74 Å². The lowest BCUT2D eigenvalue weighted by Gasteiger charge is -2.06. The molecule has 0 spiro atoms. The molecule has 0 N–H and O–H groups in total. The average molecular weight is 409 g/mol. The number of hydrogen-bond donors (Lipinski definition) is 0. The van der Waals surface area contributed by atoms with Gasteiger partial charge in [0.25, 0.3) is 0 Å². The zero-order valence-electron chi connectivity index (χ0n) is 15.9. The summed E-state index contributed by atoms with van der Waals surface area (Å²) < 4.78 is 7.49. The molecule has 0 aliphatic rings. The van der Waals surface area contributed by atoms with Gasteiger partial charge in [0.05, 0.1) is 18.4 Å². The Hall–Kier alpha value is -2.64. The van der Waals surface area contributed by atoms with E-state index < -0.39 is 0 Å². The van der Waals surface area contributed by atoms with Gasteiger partial charge in [0, 0.05) is 23.7 Å². The Morgan fingerprint density at radius 1 is 1.04 bits per heavy atom. The van der Waals surface area contributed by atoms with Crippen LogP contribution in [-0.4, -0.2) is 26.9 Å². The molecular weight excluding hydrogens is 388 g/mol. The molecule has 0 aliphatic heterocycles. The topological polar surface area (TPSA) is 52.8 Å². The molecule has 4 rings (SSSR count). The first-order valence-electron chi connectivity index (χ1n) is 8.83. The van der Waals surface area contributed by atoms with Gasteiger partial charge in [-0.25, -0.2) is 4.98 Å². The minimum absolute atomic E-state index is 0.741. The van der Waals surface area contributed by atoms with Gasteiger partial charge in [0.15, 0.2) is 11.0 Å². The molecule has 5 nitrogen and oxygen atoms in total. The molecule has 0 fully saturated rings. The fourth-order valence-corrected chi connectivity index (χ4v) is 4.71. The van der Waals surface area contributed by atoms with Gasteiger partial charge in [-0.1, -0.05) is 48.2 Å². The first-order chi connectivity index (χ1) is 13.7. The number of ether oxygens (including phenoxy) is 1. The summed E-state index contributed by atoms with van der Waals surface area (Å²) in [6, 6.07) is 16.2. The van der Waals surface area contributed by atoms with E-state index in [1.54, 1.807) is 30.2 Å². The minimum Gasteiger partial charge on any atom is -0.496 e. The maximum absolute atomic E-state index is 5.45. The Labute approximate surface area is 172 Å². The molecule has 0 unspecified atom stereocenters. The predicted octanol–water partition coefficient (Wildman–Crippen LogP) is 5.21. The third-order valence-electron chi connectivity index (χ3n) is 4.46. The van der Waals surface area contributed by atoms with Gasteiger partial charge < -0.3 is 9.30 Å². The van der Waals surface area contributed by atoms with Crippen molar-refractivity contribution in [2.75, 3.05) is 7.11 Å². The van der Waals surface area contributed by atoms with Crippen LogP contribution in [0.15, 0.2) is 59.1 Å². The largest absolute Gasteiger partial charge is 0.496 e. The van der Waals surface area contributed by atoms with Gasteiger partial charge in [0.1, 0.15) is 10.8 Å². The predicted molar refractivity (Wildman–Crippen MR) is 115 cm³/mol. The summed E-state index contributed by atoms with van der Waals surface area (Å²) in [6.45, 7) is 2.09. The SMILES string of the molecule is COc1ccccc1-c1nc(CSc2nnc(-c3ccccc3C)n2C)cs1. The number of thioether (sulfide) groups is 1. The molecule has 2 aromatic heterocycles. The van der Waals surface area contributed by atoms with Crippen molar-refractivity contribution in [1.29, 1.82) is 0 Å². The average Bonchev–Trinajstić information content (AvgIpc) is 3.33. The van der Waals surface area contributed by atoms with E-state index >= 15 is 0 Å². The fourth-order valence-electron chi connectivity index (χ4n) is 2.96. The van der Waals surface area contributed by atoms with Crippen LogP contribution in [-0.2, 0) is 12.8 Å². The number of rotatable bonds is 6. The van der Waals surface area contributed by atoms with E-state index in [0.717, 1.165) is 44.3 Å². The number of para-hydroxylation sites is 1. The lowest BCUT2D eigenvalue weighted by molar-refractivity contribution is 0.416. The Morgan fingerprint density at radius 3 is 2.57 bits per heavy atom. The quantitative estimate of drug-likeness (QED) is 0.410. The van der Waals surface area contributed by atoms with Gasteiger partial charge in [0.2, 0.25) is 0 Å². The summed E-state index contributed by atoms with van der Waals surface area (Å²) in [5.74, 6) is 2.46. The number of aryl methyl sites for hydroxylation is 1. The van der Waals surface area contributed by atoms with Crippen molar-refractivity contribution in [2.45, 2.75) is 17.8 Å². The smallest absolute Gasteiger partial charge is 0.191 e. The molecule has 0 amide bonds. The Kier molecular flexibility index (Phi) is 5.45. The van der Waals surface area contributed by atoms with Crippen molar-refractivity contribution in [3.63, 3.8) is 0 Å². The second-order valence-corrected chi connectivity index (χ2v) is 8.11. The van der Waals surface area contributed by atoms with Crippen molar-refractivity contribution >= 4 is 23.1 Å². The molecule has 0 aliphatic carbocycles. The van der Waals surface area contributed by atoms with Gasteiger partial charge in [-0.3, -0.25) is 0 Å². The first-order valence-corrected chi connectivity index (χ1v) is 10.7. The standard InChI is InChI=1S/C21H20N4OS2/c1-14-8-4-5-9-16(14)19-23-24-21(25(19)2)28-13-15-12-27-20(22-15)17-10-6-7-11-18(17)26-3/h4-12H,13H2,1-3H3. The Morgan fingerprint density at radius 2 is 1.79 bits per heavy atom.